The molecule has 4 aromatic rings. The third kappa shape index (κ3) is 5.00. The Morgan fingerprint density at radius 3 is 2.65 bits per heavy atom. The fraction of sp³-hybridized carbons (Fsp3) is 0.136. The number of alkyl halides is 3. The van der Waals surface area contributed by atoms with Crippen molar-refractivity contribution in [3.8, 4) is 11.3 Å². The second-order valence-electron chi connectivity index (χ2n) is 6.64. The lowest BCUT2D eigenvalue weighted by molar-refractivity contribution is -0.204. The van der Waals surface area contributed by atoms with Gasteiger partial charge in [0.15, 0.2) is 0 Å². The van der Waals surface area contributed by atoms with Gasteiger partial charge in [-0.3, -0.25) is 0 Å². The van der Waals surface area contributed by atoms with Crippen LogP contribution in [0.4, 0.5) is 19.0 Å². The van der Waals surface area contributed by atoms with Gasteiger partial charge in [0.2, 0.25) is 0 Å². The van der Waals surface area contributed by atoms with Crippen LogP contribution in [0.25, 0.3) is 21.3 Å². The fourth-order valence-electron chi connectivity index (χ4n) is 3.03. The minimum atomic E-state index is -5.07. The largest absolute Gasteiger partial charge is 0.490 e. The maximum atomic E-state index is 12.7. The quantitative estimate of drug-likeness (QED) is 0.392. The molecule has 0 unspecified atom stereocenters. The molecule has 31 heavy (non-hydrogen) atoms. The normalized spacial score (nSPS) is 12.5. The van der Waals surface area contributed by atoms with Gasteiger partial charge in [-0.1, -0.05) is 36.4 Å². The van der Waals surface area contributed by atoms with Gasteiger partial charge in [-0.25, -0.2) is 14.8 Å². The molecule has 0 aliphatic heterocycles. The molecule has 0 saturated heterocycles. The zero-order chi connectivity index (χ0) is 21.8. The SMILES string of the molecule is O=C(O[C@@H](CNc1cc(-c2ccc3sccc3c2)ncn1)c1ccccc1)C(F)(F)F. The lowest BCUT2D eigenvalue weighted by atomic mass is 10.1. The van der Waals surface area contributed by atoms with Gasteiger partial charge in [0, 0.05) is 16.3 Å². The number of thiophene rings is 1. The van der Waals surface area contributed by atoms with E-state index in [0.29, 0.717) is 17.1 Å². The number of rotatable bonds is 6. The Balaban J connectivity index is 1.53. The molecule has 2 aromatic carbocycles. The van der Waals surface area contributed by atoms with Crippen LogP contribution in [0.1, 0.15) is 11.7 Å². The maximum Gasteiger partial charge on any atom is 0.490 e. The Kier molecular flexibility index (Phi) is 5.85. The highest BCUT2D eigenvalue weighted by molar-refractivity contribution is 7.17. The third-order valence-electron chi connectivity index (χ3n) is 4.54. The number of hydrogen-bond donors (Lipinski definition) is 1. The average molecular weight is 443 g/mol. The van der Waals surface area contributed by atoms with Crippen LogP contribution in [0, 0.1) is 0 Å². The Hall–Kier alpha value is -3.46. The number of fused-ring (bicyclic) bond motifs is 1. The van der Waals surface area contributed by atoms with Crippen LogP contribution in [-0.4, -0.2) is 28.7 Å². The van der Waals surface area contributed by atoms with Crippen LogP contribution < -0.4 is 5.32 Å². The van der Waals surface area contributed by atoms with E-state index >= 15 is 0 Å². The predicted octanol–water partition coefficient (Wildman–Crippen LogP) is 5.62. The van der Waals surface area contributed by atoms with Crippen molar-refractivity contribution in [2.45, 2.75) is 12.3 Å². The highest BCUT2D eigenvalue weighted by atomic mass is 32.1. The predicted molar refractivity (Wildman–Crippen MR) is 113 cm³/mol. The molecule has 0 radical (unpaired) electrons. The second-order valence-corrected chi connectivity index (χ2v) is 7.59. The van der Waals surface area contributed by atoms with Crippen molar-refractivity contribution in [2.75, 3.05) is 11.9 Å². The lowest BCUT2D eigenvalue weighted by Gasteiger charge is -2.20. The monoisotopic (exact) mass is 443 g/mol. The summed E-state index contributed by atoms with van der Waals surface area (Å²) >= 11 is 1.64. The fourth-order valence-corrected chi connectivity index (χ4v) is 3.80. The summed E-state index contributed by atoms with van der Waals surface area (Å²) in [5.74, 6) is -1.84. The van der Waals surface area contributed by atoms with E-state index in [2.05, 4.69) is 15.3 Å². The van der Waals surface area contributed by atoms with Gasteiger partial charge in [-0.05, 0) is 34.5 Å². The minimum absolute atomic E-state index is 0.0914. The lowest BCUT2D eigenvalue weighted by Crippen LogP contribution is -2.29. The highest BCUT2D eigenvalue weighted by Crippen LogP contribution is 2.28. The van der Waals surface area contributed by atoms with E-state index in [4.69, 9.17) is 4.74 Å². The number of nitrogens with zero attached hydrogens (tertiary/aromatic N) is 2. The van der Waals surface area contributed by atoms with Crippen molar-refractivity contribution in [1.29, 1.82) is 0 Å². The third-order valence-corrected chi connectivity index (χ3v) is 5.43. The zero-order valence-electron chi connectivity index (χ0n) is 16.0. The first-order chi connectivity index (χ1) is 14.9. The van der Waals surface area contributed by atoms with Gasteiger partial charge >= 0.3 is 12.1 Å². The number of carbonyl (C=O) groups excluding carboxylic acids is 1. The number of carbonyl (C=O) groups is 1. The molecule has 9 heteroatoms. The molecule has 0 fully saturated rings. The molecule has 0 aliphatic carbocycles. The van der Waals surface area contributed by atoms with Gasteiger partial charge in [0.05, 0.1) is 12.2 Å². The van der Waals surface area contributed by atoms with Gasteiger partial charge in [0.1, 0.15) is 18.2 Å². The maximum absolute atomic E-state index is 12.7. The van der Waals surface area contributed by atoms with Crippen LogP contribution in [-0.2, 0) is 9.53 Å². The molecule has 2 heterocycles. The van der Waals surface area contributed by atoms with E-state index in [-0.39, 0.29) is 6.54 Å². The molecular weight excluding hydrogens is 427 g/mol. The molecule has 158 valence electrons. The number of ether oxygens (including phenoxy) is 1. The van der Waals surface area contributed by atoms with Crippen LogP contribution >= 0.6 is 11.3 Å². The number of aromatic nitrogens is 2. The number of anilines is 1. The van der Waals surface area contributed by atoms with Gasteiger partial charge in [0.25, 0.3) is 0 Å². The van der Waals surface area contributed by atoms with Crippen molar-refractivity contribution in [3.05, 3.63) is 77.9 Å². The summed E-state index contributed by atoms with van der Waals surface area (Å²) in [6, 6.07) is 17.9. The summed E-state index contributed by atoms with van der Waals surface area (Å²) in [6.45, 7) is -0.0914. The molecule has 0 spiro atoms. The van der Waals surface area contributed by atoms with Gasteiger partial charge in [-0.15, -0.1) is 11.3 Å². The molecule has 0 bridgehead atoms. The summed E-state index contributed by atoms with van der Waals surface area (Å²) in [5, 5.41) is 6.05. The Morgan fingerprint density at radius 2 is 1.87 bits per heavy atom. The van der Waals surface area contributed by atoms with Crippen LogP contribution in [0.5, 0.6) is 0 Å². The van der Waals surface area contributed by atoms with Gasteiger partial charge in [-0.2, -0.15) is 13.2 Å². The number of esters is 1. The van der Waals surface area contributed by atoms with Gasteiger partial charge < -0.3 is 10.1 Å². The Bertz CT molecular complexity index is 1200. The minimum Gasteiger partial charge on any atom is -0.449 e. The van der Waals surface area contributed by atoms with E-state index in [1.807, 2.05) is 29.6 Å². The van der Waals surface area contributed by atoms with E-state index in [1.165, 1.54) is 6.33 Å². The highest BCUT2D eigenvalue weighted by Gasteiger charge is 2.42. The Labute approximate surface area is 179 Å². The summed E-state index contributed by atoms with van der Waals surface area (Å²) in [7, 11) is 0. The first-order valence-electron chi connectivity index (χ1n) is 9.26. The molecule has 1 N–H and O–H groups in total. The Morgan fingerprint density at radius 1 is 1.06 bits per heavy atom. The van der Waals surface area contributed by atoms with E-state index < -0.39 is 18.2 Å². The zero-order valence-corrected chi connectivity index (χ0v) is 16.8. The molecule has 0 amide bonds. The van der Waals surface area contributed by atoms with Crippen LogP contribution in [0.3, 0.4) is 0 Å². The molecule has 0 aliphatic rings. The van der Waals surface area contributed by atoms with E-state index in [0.717, 1.165) is 15.6 Å². The molecule has 5 nitrogen and oxygen atoms in total. The number of nitrogens with one attached hydrogen (secondary N) is 1. The van der Waals surface area contributed by atoms with Crippen molar-refractivity contribution < 1.29 is 22.7 Å². The summed E-state index contributed by atoms with van der Waals surface area (Å²) < 4.78 is 44.0. The van der Waals surface area contributed by atoms with Crippen LogP contribution in [0.2, 0.25) is 0 Å². The van der Waals surface area contributed by atoms with Crippen LogP contribution in [0.15, 0.2) is 72.4 Å². The number of halogens is 3. The van der Waals surface area contributed by atoms with E-state index in [9.17, 15) is 18.0 Å². The van der Waals surface area contributed by atoms with E-state index in [1.54, 1.807) is 47.7 Å². The second kappa shape index (κ2) is 8.73. The average Bonchev–Trinajstić information content (AvgIpc) is 3.24. The number of benzene rings is 2. The molecule has 2 aromatic heterocycles. The summed E-state index contributed by atoms with van der Waals surface area (Å²) in [4.78, 5) is 19.8. The number of hydrogen-bond acceptors (Lipinski definition) is 6. The first-order valence-corrected chi connectivity index (χ1v) is 10.1. The summed E-state index contributed by atoms with van der Waals surface area (Å²) in [6.07, 6.45) is -4.85. The smallest absolute Gasteiger partial charge is 0.449 e. The van der Waals surface area contributed by atoms with Crippen molar-refractivity contribution in [1.82, 2.24) is 9.97 Å². The molecule has 1 atom stereocenters. The van der Waals surface area contributed by atoms with Crippen molar-refractivity contribution in [3.63, 3.8) is 0 Å². The first kappa shape index (κ1) is 20.8. The summed E-state index contributed by atoms with van der Waals surface area (Å²) in [5.41, 5.74) is 1.98. The molecule has 4 rings (SSSR count). The standard InChI is InChI=1S/C22H16F3N3O2S/c23-22(24,25)21(29)30-18(14-4-2-1-3-5-14)12-26-20-11-17(27-13-28-20)15-6-7-19-16(10-15)8-9-31-19/h1-11,13,18H,12H2,(H,26,27,28)/t18-/m0/s1. The topological polar surface area (TPSA) is 64.1 Å². The van der Waals surface area contributed by atoms with Crippen molar-refractivity contribution >= 4 is 33.2 Å². The molecular formula is C22H16F3N3O2S. The molecule has 0 saturated carbocycles. The van der Waals surface area contributed by atoms with Crippen molar-refractivity contribution in [2.24, 2.45) is 0 Å².